The van der Waals surface area contributed by atoms with Crippen LogP contribution < -0.4 is 4.74 Å². The van der Waals surface area contributed by atoms with E-state index in [4.69, 9.17) is 14.1 Å². The number of nitrogens with zero attached hydrogens (tertiary/aromatic N) is 3. The van der Waals surface area contributed by atoms with Crippen molar-refractivity contribution >= 4 is 10.0 Å². The van der Waals surface area contributed by atoms with Gasteiger partial charge in [0.25, 0.3) is 0 Å². The molecule has 7 nitrogen and oxygen atoms in total. The molecule has 1 fully saturated rings. The van der Waals surface area contributed by atoms with Crippen LogP contribution in [0.25, 0.3) is 11.5 Å². The number of aryl methyl sites for hydroxylation is 1. The maximum atomic E-state index is 13.2. The lowest BCUT2D eigenvalue weighted by atomic mass is 9.87. The van der Waals surface area contributed by atoms with Crippen LogP contribution in [0.3, 0.4) is 0 Å². The van der Waals surface area contributed by atoms with Crippen molar-refractivity contribution in [1.82, 2.24) is 14.2 Å². The Kier molecular flexibility index (Phi) is 6.85. The first-order chi connectivity index (χ1) is 16.1. The summed E-state index contributed by atoms with van der Waals surface area (Å²) in [6, 6.07) is 14.9. The average molecular weight is 484 g/mol. The van der Waals surface area contributed by atoms with E-state index in [1.54, 1.807) is 23.5 Å². The summed E-state index contributed by atoms with van der Waals surface area (Å²) in [5.74, 6) is 2.00. The zero-order chi connectivity index (χ0) is 24.5. The van der Waals surface area contributed by atoms with Crippen LogP contribution in [0, 0.1) is 6.92 Å². The molecular formula is C26H33N3O4S. The number of oxazole rings is 1. The Morgan fingerprint density at radius 3 is 2.26 bits per heavy atom. The van der Waals surface area contributed by atoms with Gasteiger partial charge in [0.15, 0.2) is 0 Å². The van der Waals surface area contributed by atoms with Gasteiger partial charge in [-0.1, -0.05) is 45.0 Å². The van der Waals surface area contributed by atoms with Gasteiger partial charge in [0, 0.05) is 32.7 Å². The molecule has 0 N–H and O–H groups in total. The molecule has 1 aromatic heterocycles. The van der Waals surface area contributed by atoms with Crippen molar-refractivity contribution in [2.45, 2.75) is 44.6 Å². The lowest BCUT2D eigenvalue weighted by molar-refractivity contribution is 0.179. The standard InChI is InChI=1S/C26H33N3O4S/c1-19-23(27-25(33-19)22-8-6-7-9-24(22)32-5)18-28-14-16-29(17-15-28)34(30,31)21-12-10-20(11-13-21)26(2,3)4/h6-13H,14-18H2,1-5H3. The van der Waals surface area contributed by atoms with E-state index >= 15 is 0 Å². The summed E-state index contributed by atoms with van der Waals surface area (Å²) in [4.78, 5) is 7.27. The van der Waals surface area contributed by atoms with Gasteiger partial charge in [0.1, 0.15) is 11.5 Å². The van der Waals surface area contributed by atoms with Crippen LogP contribution in [0.5, 0.6) is 5.75 Å². The molecule has 0 amide bonds. The molecule has 2 aromatic carbocycles. The summed E-state index contributed by atoms with van der Waals surface area (Å²) in [6.07, 6.45) is 0. The van der Waals surface area contributed by atoms with Crippen LogP contribution >= 0.6 is 0 Å². The topological polar surface area (TPSA) is 75.9 Å². The smallest absolute Gasteiger partial charge is 0.243 e. The monoisotopic (exact) mass is 483 g/mol. The van der Waals surface area contributed by atoms with Gasteiger partial charge in [-0.25, -0.2) is 13.4 Å². The summed E-state index contributed by atoms with van der Waals surface area (Å²) in [6.45, 7) is 11.0. The van der Waals surface area contributed by atoms with Gasteiger partial charge < -0.3 is 9.15 Å². The molecule has 1 aliphatic rings. The molecule has 4 rings (SSSR count). The minimum Gasteiger partial charge on any atom is -0.496 e. The van der Waals surface area contributed by atoms with Crippen LogP contribution in [0.4, 0.5) is 0 Å². The number of aromatic nitrogens is 1. The van der Waals surface area contributed by atoms with Gasteiger partial charge >= 0.3 is 0 Å². The van der Waals surface area contributed by atoms with Crippen LogP contribution in [0.15, 0.2) is 57.8 Å². The first kappa shape index (κ1) is 24.4. The molecule has 0 radical (unpaired) electrons. The second-order valence-corrected chi connectivity index (χ2v) is 11.6. The number of hydrogen-bond donors (Lipinski definition) is 0. The third-order valence-corrected chi connectivity index (χ3v) is 8.21. The Bertz CT molecular complexity index is 1240. The minimum atomic E-state index is -3.51. The molecule has 1 aliphatic heterocycles. The molecule has 0 saturated carbocycles. The quantitative estimate of drug-likeness (QED) is 0.515. The highest BCUT2D eigenvalue weighted by Crippen LogP contribution is 2.31. The van der Waals surface area contributed by atoms with Crippen molar-refractivity contribution in [2.24, 2.45) is 0 Å². The fraction of sp³-hybridized carbons (Fsp3) is 0.423. The Labute approximate surface area is 202 Å². The van der Waals surface area contributed by atoms with E-state index in [9.17, 15) is 8.42 Å². The van der Waals surface area contributed by atoms with Gasteiger partial charge in [0.05, 0.1) is 23.3 Å². The van der Waals surface area contributed by atoms with E-state index in [-0.39, 0.29) is 5.41 Å². The maximum Gasteiger partial charge on any atom is 0.243 e. The van der Waals surface area contributed by atoms with Crippen LogP contribution in [-0.2, 0) is 22.0 Å². The summed E-state index contributed by atoms with van der Waals surface area (Å²) in [5, 5.41) is 0. The fourth-order valence-electron chi connectivity index (χ4n) is 4.13. The van der Waals surface area contributed by atoms with E-state index in [2.05, 4.69) is 25.7 Å². The number of sulfonamides is 1. The molecule has 0 spiro atoms. The lowest BCUT2D eigenvalue weighted by Gasteiger charge is -2.33. The molecule has 2 heterocycles. The number of para-hydroxylation sites is 1. The zero-order valence-corrected chi connectivity index (χ0v) is 21.4. The van der Waals surface area contributed by atoms with Gasteiger partial charge in [-0.05, 0) is 42.2 Å². The number of benzene rings is 2. The first-order valence-electron chi connectivity index (χ1n) is 11.5. The molecule has 0 bridgehead atoms. The van der Waals surface area contributed by atoms with E-state index in [1.165, 1.54) is 0 Å². The van der Waals surface area contributed by atoms with E-state index < -0.39 is 10.0 Å². The second-order valence-electron chi connectivity index (χ2n) is 9.68. The summed E-state index contributed by atoms with van der Waals surface area (Å²) in [5.41, 5.74) is 2.77. The van der Waals surface area contributed by atoms with E-state index in [0.717, 1.165) is 22.6 Å². The van der Waals surface area contributed by atoms with Crippen molar-refractivity contribution < 1.29 is 17.6 Å². The molecule has 182 valence electrons. The molecule has 3 aromatic rings. The third-order valence-electron chi connectivity index (χ3n) is 6.29. The lowest BCUT2D eigenvalue weighted by Crippen LogP contribution is -2.48. The van der Waals surface area contributed by atoms with Crippen molar-refractivity contribution in [3.8, 4) is 17.2 Å². The highest BCUT2D eigenvalue weighted by Gasteiger charge is 2.29. The highest BCUT2D eigenvalue weighted by atomic mass is 32.2. The molecule has 0 atom stereocenters. The Morgan fingerprint density at radius 1 is 1.00 bits per heavy atom. The summed E-state index contributed by atoms with van der Waals surface area (Å²) >= 11 is 0. The van der Waals surface area contributed by atoms with Crippen LogP contribution in [0.2, 0.25) is 0 Å². The van der Waals surface area contributed by atoms with Crippen molar-refractivity contribution in [2.75, 3.05) is 33.3 Å². The zero-order valence-electron chi connectivity index (χ0n) is 20.5. The Balaban J connectivity index is 1.41. The summed E-state index contributed by atoms with van der Waals surface area (Å²) < 4.78 is 39.2. The Morgan fingerprint density at radius 2 is 1.65 bits per heavy atom. The molecule has 8 heteroatoms. The third kappa shape index (κ3) is 5.04. The highest BCUT2D eigenvalue weighted by molar-refractivity contribution is 7.89. The number of methoxy groups -OCH3 is 1. The number of hydrogen-bond acceptors (Lipinski definition) is 6. The van der Waals surface area contributed by atoms with Gasteiger partial charge in [-0.2, -0.15) is 4.31 Å². The predicted octanol–water partition coefficient (Wildman–Crippen LogP) is 4.46. The fourth-order valence-corrected chi connectivity index (χ4v) is 5.55. The first-order valence-corrected chi connectivity index (χ1v) is 13.0. The van der Waals surface area contributed by atoms with Crippen molar-refractivity contribution in [3.63, 3.8) is 0 Å². The Hall–Kier alpha value is -2.68. The van der Waals surface area contributed by atoms with E-state index in [1.807, 2.05) is 43.3 Å². The largest absolute Gasteiger partial charge is 0.496 e. The molecule has 0 unspecified atom stereocenters. The molecule has 0 aliphatic carbocycles. The molecule has 34 heavy (non-hydrogen) atoms. The average Bonchev–Trinajstić information content (AvgIpc) is 3.18. The van der Waals surface area contributed by atoms with Crippen molar-refractivity contribution in [3.05, 3.63) is 65.5 Å². The second kappa shape index (κ2) is 9.52. The van der Waals surface area contributed by atoms with Gasteiger partial charge in [0.2, 0.25) is 15.9 Å². The van der Waals surface area contributed by atoms with E-state index in [0.29, 0.717) is 49.3 Å². The molecule has 1 saturated heterocycles. The minimum absolute atomic E-state index is 0.0152. The van der Waals surface area contributed by atoms with Crippen LogP contribution in [0.1, 0.15) is 37.8 Å². The number of rotatable bonds is 6. The number of piperazine rings is 1. The van der Waals surface area contributed by atoms with Gasteiger partial charge in [-0.15, -0.1) is 0 Å². The summed E-state index contributed by atoms with van der Waals surface area (Å²) in [7, 11) is -1.88. The maximum absolute atomic E-state index is 13.2. The normalized spacial score (nSPS) is 16.0. The van der Waals surface area contributed by atoms with Crippen LogP contribution in [-0.4, -0.2) is 55.9 Å². The molecular weight excluding hydrogens is 450 g/mol. The number of ether oxygens (including phenoxy) is 1. The predicted molar refractivity (Wildman–Crippen MR) is 132 cm³/mol. The van der Waals surface area contributed by atoms with Gasteiger partial charge in [-0.3, -0.25) is 4.90 Å². The SMILES string of the molecule is COc1ccccc1-c1nc(CN2CCN(S(=O)(=O)c3ccc(C(C)(C)C)cc3)CC2)c(C)o1. The van der Waals surface area contributed by atoms with Crippen molar-refractivity contribution in [1.29, 1.82) is 0 Å².